The molecule has 2 aromatic rings. The number of carbonyl (C=O) groups excluding carboxylic acids is 2. The van der Waals surface area contributed by atoms with Crippen LogP contribution in [0.5, 0.6) is 5.75 Å². The van der Waals surface area contributed by atoms with Crippen LogP contribution in [-0.2, 0) is 11.3 Å². The molecule has 140 valence electrons. The second-order valence-corrected chi connectivity index (χ2v) is 7.89. The van der Waals surface area contributed by atoms with E-state index in [1.807, 2.05) is 6.92 Å². The molecule has 0 aromatic heterocycles. The second kappa shape index (κ2) is 8.57. The lowest BCUT2D eigenvalue weighted by molar-refractivity contribution is -0.123. The highest BCUT2D eigenvalue weighted by Gasteiger charge is 2.35. The molecule has 0 saturated carbocycles. The number of imide groups is 1. The molecule has 4 nitrogen and oxygen atoms in total. The molecule has 1 fully saturated rings. The van der Waals surface area contributed by atoms with Crippen LogP contribution in [-0.4, -0.2) is 22.7 Å². The molecule has 0 unspecified atom stereocenters. The van der Waals surface area contributed by atoms with Crippen LogP contribution in [0.3, 0.4) is 0 Å². The van der Waals surface area contributed by atoms with Crippen molar-refractivity contribution in [2.75, 3.05) is 6.61 Å². The summed E-state index contributed by atoms with van der Waals surface area (Å²) in [5.74, 6) is 0.0369. The third-order valence-corrected chi connectivity index (χ3v) is 5.46. The summed E-state index contributed by atoms with van der Waals surface area (Å²) in [6.07, 6.45) is 1.60. The predicted octanol–water partition coefficient (Wildman–Crippen LogP) is 6.28. The number of benzene rings is 2. The molecule has 0 aliphatic carbocycles. The summed E-state index contributed by atoms with van der Waals surface area (Å²) in [7, 11) is 0. The molecule has 1 heterocycles. The molecule has 0 N–H and O–H groups in total. The van der Waals surface area contributed by atoms with Crippen LogP contribution in [0.4, 0.5) is 4.79 Å². The Morgan fingerprint density at radius 3 is 2.30 bits per heavy atom. The van der Waals surface area contributed by atoms with Gasteiger partial charge in [0.1, 0.15) is 0 Å². The van der Waals surface area contributed by atoms with Crippen molar-refractivity contribution in [2.24, 2.45) is 0 Å². The number of hydrogen-bond donors (Lipinski definition) is 0. The summed E-state index contributed by atoms with van der Waals surface area (Å²) in [4.78, 5) is 26.4. The Morgan fingerprint density at radius 2 is 1.70 bits per heavy atom. The molecule has 1 aliphatic heterocycles. The summed E-state index contributed by atoms with van der Waals surface area (Å²) in [5, 5.41) is 0.952. The number of carbonyl (C=O) groups is 2. The lowest BCUT2D eigenvalue weighted by Gasteiger charge is -2.12. The number of rotatable bonds is 5. The number of ether oxygens (including phenoxy) is 1. The van der Waals surface area contributed by atoms with Gasteiger partial charge in [0.25, 0.3) is 11.1 Å². The van der Waals surface area contributed by atoms with Crippen LogP contribution in [0.2, 0.25) is 15.1 Å². The van der Waals surface area contributed by atoms with Crippen LogP contribution < -0.4 is 4.74 Å². The van der Waals surface area contributed by atoms with Gasteiger partial charge in [0.15, 0.2) is 5.75 Å². The van der Waals surface area contributed by atoms with Crippen molar-refractivity contribution in [2.45, 2.75) is 13.5 Å². The number of amides is 2. The van der Waals surface area contributed by atoms with E-state index in [0.29, 0.717) is 37.9 Å². The van der Waals surface area contributed by atoms with Crippen molar-refractivity contribution in [3.63, 3.8) is 0 Å². The van der Waals surface area contributed by atoms with Crippen LogP contribution in [0.15, 0.2) is 41.3 Å². The van der Waals surface area contributed by atoms with E-state index < -0.39 is 0 Å². The number of halogens is 3. The standard InChI is InChI=1S/C19H14Cl3NO3S/c1-2-26-17-14(21)7-12(8-15(17)22)9-16-18(24)23(19(25)27-16)10-11-3-5-13(20)6-4-11/h3-9H,2,10H2,1H3/b16-9-. The predicted molar refractivity (Wildman–Crippen MR) is 111 cm³/mol. The number of nitrogens with zero attached hydrogens (tertiary/aromatic N) is 1. The Hall–Kier alpha value is -1.66. The largest absolute Gasteiger partial charge is 0.491 e. The van der Waals surface area contributed by atoms with Gasteiger partial charge in [-0.15, -0.1) is 0 Å². The van der Waals surface area contributed by atoms with Crippen molar-refractivity contribution in [3.05, 3.63) is 67.5 Å². The van der Waals surface area contributed by atoms with Gasteiger partial charge in [-0.3, -0.25) is 14.5 Å². The van der Waals surface area contributed by atoms with E-state index in [4.69, 9.17) is 39.5 Å². The van der Waals surface area contributed by atoms with Crippen LogP contribution >= 0.6 is 46.6 Å². The van der Waals surface area contributed by atoms with Gasteiger partial charge >= 0.3 is 0 Å². The van der Waals surface area contributed by atoms with Gasteiger partial charge in [0.05, 0.1) is 28.1 Å². The van der Waals surface area contributed by atoms with Crippen LogP contribution in [0.25, 0.3) is 6.08 Å². The fourth-order valence-corrected chi connectivity index (χ4v) is 4.08. The monoisotopic (exact) mass is 441 g/mol. The molecular formula is C19H14Cl3NO3S. The average molecular weight is 443 g/mol. The van der Waals surface area contributed by atoms with Crippen LogP contribution in [0.1, 0.15) is 18.1 Å². The molecule has 27 heavy (non-hydrogen) atoms. The highest BCUT2D eigenvalue weighted by atomic mass is 35.5. The molecule has 2 aromatic carbocycles. The SMILES string of the molecule is CCOc1c(Cl)cc(/C=C2\SC(=O)N(Cc3ccc(Cl)cc3)C2=O)cc1Cl. The van der Waals surface area contributed by atoms with Crippen molar-refractivity contribution in [1.82, 2.24) is 4.90 Å². The Labute approximate surface area is 176 Å². The Kier molecular flexibility index (Phi) is 6.37. The van der Waals surface area contributed by atoms with Gasteiger partial charge in [-0.25, -0.2) is 0 Å². The molecule has 1 aliphatic rings. The third kappa shape index (κ3) is 4.61. The van der Waals surface area contributed by atoms with E-state index >= 15 is 0 Å². The van der Waals surface area contributed by atoms with Crippen LogP contribution in [0, 0.1) is 0 Å². The van der Waals surface area contributed by atoms with Gasteiger partial charge in [-0.2, -0.15) is 0 Å². The minimum Gasteiger partial charge on any atom is -0.491 e. The molecule has 2 amide bonds. The minimum absolute atomic E-state index is 0.184. The van der Waals surface area contributed by atoms with E-state index in [2.05, 4.69) is 0 Å². The first-order valence-corrected chi connectivity index (χ1v) is 9.95. The first-order chi connectivity index (χ1) is 12.9. The average Bonchev–Trinajstić information content (AvgIpc) is 2.87. The minimum atomic E-state index is -0.360. The number of thioether (sulfide) groups is 1. The fourth-order valence-electron chi connectivity index (χ4n) is 2.51. The zero-order valence-electron chi connectivity index (χ0n) is 14.2. The van der Waals surface area contributed by atoms with E-state index in [0.717, 1.165) is 17.3 Å². The Morgan fingerprint density at radius 1 is 1.07 bits per heavy atom. The molecule has 0 bridgehead atoms. The highest BCUT2D eigenvalue weighted by molar-refractivity contribution is 8.18. The first kappa shape index (κ1) is 20.1. The zero-order valence-corrected chi connectivity index (χ0v) is 17.3. The van der Waals surface area contributed by atoms with Gasteiger partial charge in [0, 0.05) is 5.02 Å². The van der Waals surface area contributed by atoms with Gasteiger partial charge in [0.2, 0.25) is 0 Å². The fraction of sp³-hybridized carbons (Fsp3) is 0.158. The lowest BCUT2D eigenvalue weighted by atomic mass is 10.2. The van der Waals surface area contributed by atoms with Gasteiger partial charge in [-0.05, 0) is 60.2 Å². The second-order valence-electron chi connectivity index (χ2n) is 5.64. The maximum Gasteiger partial charge on any atom is 0.293 e. The van der Waals surface area contributed by atoms with E-state index in [1.54, 1.807) is 42.5 Å². The van der Waals surface area contributed by atoms with E-state index in [9.17, 15) is 9.59 Å². The smallest absolute Gasteiger partial charge is 0.293 e. The maximum absolute atomic E-state index is 12.6. The maximum atomic E-state index is 12.6. The van der Waals surface area contributed by atoms with Crippen molar-refractivity contribution in [1.29, 1.82) is 0 Å². The molecule has 0 atom stereocenters. The van der Waals surface area contributed by atoms with Crippen molar-refractivity contribution < 1.29 is 14.3 Å². The number of hydrogen-bond acceptors (Lipinski definition) is 4. The highest BCUT2D eigenvalue weighted by Crippen LogP contribution is 2.37. The topological polar surface area (TPSA) is 46.6 Å². The normalized spacial score (nSPS) is 15.7. The quantitative estimate of drug-likeness (QED) is 0.511. The molecule has 0 spiro atoms. The van der Waals surface area contributed by atoms with E-state index in [1.165, 1.54) is 4.90 Å². The Bertz CT molecular complexity index is 905. The molecule has 3 rings (SSSR count). The Balaban J connectivity index is 1.82. The summed E-state index contributed by atoms with van der Waals surface area (Å²) in [6.45, 7) is 2.45. The molecule has 8 heteroatoms. The summed E-state index contributed by atoms with van der Waals surface area (Å²) in [5.41, 5.74) is 1.43. The van der Waals surface area contributed by atoms with Crippen molar-refractivity contribution in [3.8, 4) is 5.75 Å². The van der Waals surface area contributed by atoms with Gasteiger partial charge in [-0.1, -0.05) is 46.9 Å². The van der Waals surface area contributed by atoms with Crippen molar-refractivity contribution >= 4 is 63.8 Å². The summed E-state index contributed by atoms with van der Waals surface area (Å²) in [6, 6.07) is 10.3. The summed E-state index contributed by atoms with van der Waals surface area (Å²) >= 11 is 19.1. The third-order valence-electron chi connectivity index (χ3n) is 3.73. The molecular weight excluding hydrogens is 429 g/mol. The summed E-state index contributed by atoms with van der Waals surface area (Å²) < 4.78 is 5.39. The first-order valence-electron chi connectivity index (χ1n) is 8.00. The van der Waals surface area contributed by atoms with E-state index in [-0.39, 0.29) is 17.7 Å². The zero-order chi connectivity index (χ0) is 19.6. The molecule has 1 saturated heterocycles. The lowest BCUT2D eigenvalue weighted by Crippen LogP contribution is -2.27. The molecule has 0 radical (unpaired) electrons. The van der Waals surface area contributed by atoms with Gasteiger partial charge < -0.3 is 4.74 Å².